The van der Waals surface area contributed by atoms with Gasteiger partial charge in [-0.3, -0.25) is 9.48 Å². The van der Waals surface area contributed by atoms with Crippen molar-refractivity contribution in [2.45, 2.75) is 24.9 Å². The largest absolute Gasteiger partial charge is 0.457 e. The molecular weight excluding hydrogens is 388 g/mol. The highest BCUT2D eigenvalue weighted by molar-refractivity contribution is 5.85. The van der Waals surface area contributed by atoms with Crippen molar-refractivity contribution in [1.82, 2.24) is 20.4 Å². The molecule has 6 nitrogen and oxygen atoms in total. The highest BCUT2D eigenvalue weighted by Crippen LogP contribution is 2.28. The van der Waals surface area contributed by atoms with Gasteiger partial charge in [0, 0.05) is 24.5 Å². The van der Waals surface area contributed by atoms with Crippen molar-refractivity contribution in [2.24, 2.45) is 0 Å². The van der Waals surface area contributed by atoms with Gasteiger partial charge < -0.3 is 15.4 Å². The fourth-order valence-electron chi connectivity index (χ4n) is 3.63. The van der Waals surface area contributed by atoms with Gasteiger partial charge in [0.05, 0.1) is 0 Å². The molecule has 0 aliphatic carbocycles. The van der Waals surface area contributed by atoms with Crippen molar-refractivity contribution >= 4 is 18.3 Å². The summed E-state index contributed by atoms with van der Waals surface area (Å²) >= 11 is 0. The van der Waals surface area contributed by atoms with Crippen LogP contribution in [0.25, 0.3) is 0 Å². The van der Waals surface area contributed by atoms with Gasteiger partial charge in [-0.2, -0.15) is 5.10 Å². The summed E-state index contributed by atoms with van der Waals surface area (Å²) in [6.07, 6.45) is 5.02. The Bertz CT molecular complexity index is 910. The molecule has 0 radical (unpaired) electrons. The number of para-hydroxylation sites is 2. The van der Waals surface area contributed by atoms with Gasteiger partial charge in [-0.15, -0.1) is 12.4 Å². The lowest BCUT2D eigenvalue weighted by Gasteiger charge is -2.36. The number of carbonyl (C=O) groups excluding carboxylic acids is 1. The molecule has 7 heteroatoms. The number of nitrogens with one attached hydrogen (secondary N) is 2. The van der Waals surface area contributed by atoms with E-state index in [-0.39, 0.29) is 18.3 Å². The Morgan fingerprint density at radius 1 is 1.07 bits per heavy atom. The van der Waals surface area contributed by atoms with Gasteiger partial charge in [-0.1, -0.05) is 36.4 Å². The maximum absolute atomic E-state index is 13.2. The van der Waals surface area contributed by atoms with E-state index in [2.05, 4.69) is 15.7 Å². The molecule has 1 aromatic heterocycles. The summed E-state index contributed by atoms with van der Waals surface area (Å²) in [5.74, 6) is 1.51. The maximum Gasteiger partial charge on any atom is 0.248 e. The molecular formula is C22H25ClN4O2. The number of nitrogens with zero attached hydrogens (tertiary/aromatic N) is 2. The van der Waals surface area contributed by atoms with Crippen molar-refractivity contribution in [3.05, 3.63) is 78.6 Å². The normalized spacial score (nSPS) is 15.2. The summed E-state index contributed by atoms with van der Waals surface area (Å²) in [5.41, 5.74) is 0.286. The van der Waals surface area contributed by atoms with Crippen molar-refractivity contribution < 1.29 is 9.53 Å². The van der Waals surface area contributed by atoms with Gasteiger partial charge in [0.1, 0.15) is 17.0 Å². The minimum absolute atomic E-state index is 0. The number of hydrogen-bond donors (Lipinski definition) is 2. The number of rotatable bonds is 6. The van der Waals surface area contributed by atoms with Crippen LogP contribution in [0.3, 0.4) is 0 Å². The van der Waals surface area contributed by atoms with Crippen LogP contribution in [-0.2, 0) is 16.9 Å². The molecule has 1 fully saturated rings. The fourth-order valence-corrected chi connectivity index (χ4v) is 3.63. The van der Waals surface area contributed by atoms with Crippen molar-refractivity contribution in [3.63, 3.8) is 0 Å². The van der Waals surface area contributed by atoms with Crippen LogP contribution >= 0.6 is 12.4 Å². The first-order valence-electron chi connectivity index (χ1n) is 9.58. The monoisotopic (exact) mass is 412 g/mol. The number of hydrogen-bond acceptors (Lipinski definition) is 4. The van der Waals surface area contributed by atoms with Crippen LogP contribution in [0.1, 0.15) is 18.4 Å². The summed E-state index contributed by atoms with van der Waals surface area (Å²) in [6.45, 7) is 1.99. The second kappa shape index (κ2) is 9.58. The number of aromatic nitrogens is 2. The molecule has 0 atom stereocenters. The summed E-state index contributed by atoms with van der Waals surface area (Å²) < 4.78 is 7.81. The second-order valence-electron chi connectivity index (χ2n) is 6.94. The van der Waals surface area contributed by atoms with Crippen molar-refractivity contribution in [1.29, 1.82) is 0 Å². The lowest BCUT2D eigenvalue weighted by atomic mass is 9.87. The zero-order valence-corrected chi connectivity index (χ0v) is 16.9. The van der Waals surface area contributed by atoms with E-state index in [1.807, 2.05) is 66.9 Å². The lowest BCUT2D eigenvalue weighted by molar-refractivity contribution is -0.132. The minimum atomic E-state index is -0.649. The van der Waals surface area contributed by atoms with Crippen molar-refractivity contribution in [3.8, 4) is 11.5 Å². The topological polar surface area (TPSA) is 68.2 Å². The third kappa shape index (κ3) is 4.60. The number of benzene rings is 2. The molecule has 0 spiro atoms. The molecule has 0 unspecified atom stereocenters. The first kappa shape index (κ1) is 20.9. The second-order valence-corrected chi connectivity index (χ2v) is 6.94. The standard InChI is InChI=1S/C22H24N4O2.ClH/c27-21(22(11-14-23-15-12-22)26-16-6-13-25-26)24-17-18-7-4-5-10-20(18)28-19-8-2-1-3-9-19;/h1-10,13,16,23H,11-12,14-15,17H2,(H,24,27);1H. The summed E-state index contributed by atoms with van der Waals surface area (Å²) in [6, 6.07) is 19.3. The van der Waals surface area contributed by atoms with Crippen molar-refractivity contribution in [2.75, 3.05) is 13.1 Å². The van der Waals surface area contributed by atoms with Gasteiger partial charge in [-0.05, 0) is 50.2 Å². The first-order valence-corrected chi connectivity index (χ1v) is 9.58. The Morgan fingerprint density at radius 2 is 1.79 bits per heavy atom. The molecule has 2 aromatic carbocycles. The molecule has 29 heavy (non-hydrogen) atoms. The zero-order valence-electron chi connectivity index (χ0n) is 16.1. The van der Waals surface area contributed by atoms with E-state index in [1.165, 1.54) is 0 Å². The Labute approximate surface area is 176 Å². The SMILES string of the molecule is Cl.O=C(NCc1ccccc1Oc1ccccc1)C1(n2cccn2)CCNCC1. The van der Waals surface area contributed by atoms with E-state index < -0.39 is 5.54 Å². The molecule has 0 saturated carbocycles. The summed E-state index contributed by atoms with van der Waals surface area (Å²) in [5, 5.41) is 10.8. The zero-order chi connectivity index (χ0) is 19.2. The number of amides is 1. The van der Waals surface area contributed by atoms with E-state index in [9.17, 15) is 4.79 Å². The van der Waals surface area contributed by atoms with Crippen LogP contribution in [-0.4, -0.2) is 28.8 Å². The Kier molecular flexibility index (Phi) is 6.90. The quantitative estimate of drug-likeness (QED) is 0.650. The predicted molar refractivity (Wildman–Crippen MR) is 114 cm³/mol. The predicted octanol–water partition coefficient (Wildman–Crippen LogP) is 3.49. The van der Waals surface area contributed by atoms with E-state index in [0.717, 1.165) is 30.2 Å². The van der Waals surface area contributed by atoms with Crippen LogP contribution in [0.15, 0.2) is 73.1 Å². The number of ether oxygens (including phenoxy) is 1. The van der Waals surface area contributed by atoms with Gasteiger partial charge in [0.2, 0.25) is 5.91 Å². The third-order valence-corrected chi connectivity index (χ3v) is 5.18. The van der Waals surface area contributed by atoms with Gasteiger partial charge in [0.25, 0.3) is 0 Å². The average Bonchev–Trinajstić information content (AvgIpc) is 3.30. The first-order chi connectivity index (χ1) is 13.8. The highest BCUT2D eigenvalue weighted by atomic mass is 35.5. The highest BCUT2D eigenvalue weighted by Gasteiger charge is 2.41. The van der Waals surface area contributed by atoms with E-state index in [0.29, 0.717) is 19.4 Å². The van der Waals surface area contributed by atoms with Crippen LogP contribution < -0.4 is 15.4 Å². The molecule has 1 amide bonds. The lowest BCUT2D eigenvalue weighted by Crippen LogP contribution is -2.54. The number of piperidine rings is 1. The van der Waals surface area contributed by atoms with Crippen LogP contribution in [0, 0.1) is 0 Å². The molecule has 2 N–H and O–H groups in total. The van der Waals surface area contributed by atoms with Gasteiger partial charge >= 0.3 is 0 Å². The number of carbonyl (C=O) groups is 1. The summed E-state index contributed by atoms with van der Waals surface area (Å²) in [7, 11) is 0. The number of halogens is 1. The molecule has 152 valence electrons. The van der Waals surface area contributed by atoms with Crippen LogP contribution in [0.4, 0.5) is 0 Å². The molecule has 3 aromatic rings. The third-order valence-electron chi connectivity index (χ3n) is 5.18. The molecule has 1 aliphatic rings. The Balaban J connectivity index is 0.00000240. The maximum atomic E-state index is 13.2. The van der Waals surface area contributed by atoms with Crippen LogP contribution in [0.2, 0.25) is 0 Å². The van der Waals surface area contributed by atoms with E-state index in [1.54, 1.807) is 10.9 Å². The summed E-state index contributed by atoms with van der Waals surface area (Å²) in [4.78, 5) is 13.2. The molecule has 2 heterocycles. The van der Waals surface area contributed by atoms with Gasteiger partial charge in [-0.25, -0.2) is 0 Å². The Hall–Kier alpha value is -2.83. The molecule has 0 bridgehead atoms. The Morgan fingerprint density at radius 3 is 2.52 bits per heavy atom. The molecule has 1 saturated heterocycles. The average molecular weight is 413 g/mol. The molecule has 1 aliphatic heterocycles. The smallest absolute Gasteiger partial charge is 0.248 e. The van der Waals surface area contributed by atoms with Gasteiger partial charge in [0.15, 0.2) is 0 Å². The minimum Gasteiger partial charge on any atom is -0.457 e. The van der Waals surface area contributed by atoms with E-state index >= 15 is 0 Å². The molecule has 4 rings (SSSR count). The fraction of sp³-hybridized carbons (Fsp3) is 0.273. The van der Waals surface area contributed by atoms with E-state index in [4.69, 9.17) is 4.74 Å². The van der Waals surface area contributed by atoms with Crippen LogP contribution in [0.5, 0.6) is 11.5 Å².